The Morgan fingerprint density at radius 3 is 2.58 bits per heavy atom. The normalized spacial score (nSPS) is 22.2. The summed E-state index contributed by atoms with van der Waals surface area (Å²) in [6.45, 7) is 0. The van der Waals surface area contributed by atoms with Gasteiger partial charge >= 0.3 is 0 Å². The highest BCUT2D eigenvalue weighted by molar-refractivity contribution is 9.10. The van der Waals surface area contributed by atoms with Crippen LogP contribution in [0.15, 0.2) is 27.6 Å². The molecule has 0 aliphatic heterocycles. The van der Waals surface area contributed by atoms with Crippen LogP contribution in [0, 0.1) is 0 Å². The molecule has 0 spiro atoms. The van der Waals surface area contributed by atoms with Crippen LogP contribution in [0.1, 0.15) is 44.9 Å². The highest BCUT2D eigenvalue weighted by Crippen LogP contribution is 2.55. The van der Waals surface area contributed by atoms with Crippen molar-refractivity contribution >= 4 is 45.0 Å². The lowest BCUT2D eigenvalue weighted by atomic mass is 9.95. The van der Waals surface area contributed by atoms with Gasteiger partial charge in [-0.15, -0.1) is 23.4 Å². The summed E-state index contributed by atoms with van der Waals surface area (Å²) in [5, 5.41) is 3.67. The fraction of sp³-hybridized carbons (Fsp3) is 0.600. The Hall–Kier alpha value is 0.140. The van der Waals surface area contributed by atoms with Crippen LogP contribution in [-0.2, 0) is 0 Å². The molecule has 0 radical (unpaired) electrons. The van der Waals surface area contributed by atoms with Gasteiger partial charge in [-0.1, -0.05) is 19.3 Å². The van der Waals surface area contributed by atoms with Crippen LogP contribution in [0.25, 0.3) is 0 Å². The monoisotopic (exact) mass is 359 g/mol. The largest absolute Gasteiger partial charge is 0.381 e. The average molecular weight is 361 g/mol. The predicted octanol–water partition coefficient (Wildman–Crippen LogP) is 6.01. The minimum atomic E-state index is -0.0161. The van der Waals surface area contributed by atoms with Gasteiger partial charge in [-0.05, 0) is 59.8 Å². The van der Waals surface area contributed by atoms with E-state index in [1.807, 2.05) is 0 Å². The van der Waals surface area contributed by atoms with Gasteiger partial charge in [0, 0.05) is 21.1 Å². The molecule has 1 N–H and O–H groups in total. The molecule has 104 valence electrons. The van der Waals surface area contributed by atoms with E-state index in [1.165, 1.54) is 42.7 Å². The molecule has 2 aliphatic carbocycles. The van der Waals surface area contributed by atoms with Gasteiger partial charge < -0.3 is 5.32 Å². The molecule has 0 unspecified atom stereocenters. The second-order valence-corrected chi connectivity index (χ2v) is 8.87. The van der Waals surface area contributed by atoms with E-state index >= 15 is 0 Å². The first-order valence-corrected chi connectivity index (χ1v) is 9.07. The first kappa shape index (κ1) is 14.1. The molecule has 2 fully saturated rings. The van der Waals surface area contributed by atoms with Crippen molar-refractivity contribution in [3.63, 3.8) is 0 Å². The maximum Gasteiger partial charge on any atom is 0.0944 e. The zero-order valence-electron chi connectivity index (χ0n) is 10.9. The average Bonchev–Trinajstić information content (AvgIpc) is 3.12. The van der Waals surface area contributed by atoms with Crippen molar-refractivity contribution in [2.45, 2.75) is 60.1 Å². The van der Waals surface area contributed by atoms with Crippen molar-refractivity contribution in [2.75, 3.05) is 5.32 Å². The van der Waals surface area contributed by atoms with Crippen molar-refractivity contribution in [1.29, 1.82) is 0 Å². The number of anilines is 1. The molecular formula is C15H19BrClNS. The number of halogens is 2. The van der Waals surface area contributed by atoms with Crippen LogP contribution in [0.2, 0.25) is 0 Å². The number of alkyl halides is 1. The zero-order valence-corrected chi connectivity index (χ0v) is 14.1. The summed E-state index contributed by atoms with van der Waals surface area (Å²) in [4.78, 5) is 1.26. The van der Waals surface area contributed by atoms with Gasteiger partial charge in [0.15, 0.2) is 0 Å². The van der Waals surface area contributed by atoms with Crippen LogP contribution in [0.5, 0.6) is 0 Å². The summed E-state index contributed by atoms with van der Waals surface area (Å²) in [5.74, 6) is 0. The number of benzene rings is 1. The maximum atomic E-state index is 6.36. The van der Waals surface area contributed by atoms with Gasteiger partial charge in [0.1, 0.15) is 0 Å². The maximum absolute atomic E-state index is 6.36. The molecular weight excluding hydrogens is 342 g/mol. The summed E-state index contributed by atoms with van der Waals surface area (Å²) in [6.07, 6.45) is 8.96. The summed E-state index contributed by atoms with van der Waals surface area (Å²) in [6, 6.07) is 7.21. The molecule has 1 aromatic carbocycles. The molecule has 0 heterocycles. The third-order valence-electron chi connectivity index (χ3n) is 3.85. The smallest absolute Gasteiger partial charge is 0.0944 e. The molecule has 2 saturated carbocycles. The SMILES string of the molecule is ClC1(Sc2ccc(NC3CCCCC3)c(Br)c2)CC1. The van der Waals surface area contributed by atoms with Crippen molar-refractivity contribution in [2.24, 2.45) is 0 Å². The van der Waals surface area contributed by atoms with Crippen molar-refractivity contribution in [3.8, 4) is 0 Å². The standard InChI is InChI=1S/C15H19BrClNS/c16-13-10-12(19-15(17)8-9-15)6-7-14(13)18-11-4-2-1-3-5-11/h6-7,10-11,18H,1-5,8-9H2. The molecule has 4 heteroatoms. The van der Waals surface area contributed by atoms with Crippen LogP contribution in [0.4, 0.5) is 5.69 Å². The van der Waals surface area contributed by atoms with Gasteiger partial charge in [-0.25, -0.2) is 0 Å². The number of rotatable bonds is 4. The topological polar surface area (TPSA) is 12.0 Å². The lowest BCUT2D eigenvalue weighted by molar-refractivity contribution is 0.462. The van der Waals surface area contributed by atoms with Crippen LogP contribution >= 0.6 is 39.3 Å². The Bertz CT molecular complexity index is 455. The van der Waals surface area contributed by atoms with Gasteiger partial charge in [-0.2, -0.15) is 0 Å². The first-order chi connectivity index (χ1) is 9.15. The molecule has 0 amide bonds. The fourth-order valence-electron chi connectivity index (χ4n) is 2.55. The molecule has 0 bridgehead atoms. The van der Waals surface area contributed by atoms with Crippen molar-refractivity contribution < 1.29 is 0 Å². The summed E-state index contributed by atoms with van der Waals surface area (Å²) >= 11 is 11.8. The molecule has 19 heavy (non-hydrogen) atoms. The molecule has 2 aliphatic rings. The van der Waals surface area contributed by atoms with E-state index in [1.54, 1.807) is 11.8 Å². The van der Waals surface area contributed by atoms with Crippen LogP contribution in [0.3, 0.4) is 0 Å². The highest BCUT2D eigenvalue weighted by atomic mass is 79.9. The Labute approximate surface area is 133 Å². The molecule has 0 saturated heterocycles. The summed E-state index contributed by atoms with van der Waals surface area (Å²) in [7, 11) is 0. The van der Waals surface area contributed by atoms with Gasteiger partial charge in [0.2, 0.25) is 0 Å². The lowest BCUT2D eigenvalue weighted by Crippen LogP contribution is -2.22. The van der Waals surface area contributed by atoms with Crippen LogP contribution < -0.4 is 5.32 Å². The minimum absolute atomic E-state index is 0.0161. The predicted molar refractivity (Wildman–Crippen MR) is 88.3 cm³/mol. The minimum Gasteiger partial charge on any atom is -0.381 e. The quantitative estimate of drug-likeness (QED) is 0.659. The molecule has 3 rings (SSSR count). The van der Waals surface area contributed by atoms with E-state index in [2.05, 4.69) is 39.4 Å². The van der Waals surface area contributed by atoms with E-state index in [0.717, 1.165) is 17.3 Å². The fourth-order valence-corrected chi connectivity index (χ4v) is 4.60. The molecule has 0 aromatic heterocycles. The van der Waals surface area contributed by atoms with Gasteiger partial charge in [-0.3, -0.25) is 0 Å². The third kappa shape index (κ3) is 3.83. The van der Waals surface area contributed by atoms with Crippen LogP contribution in [-0.4, -0.2) is 10.2 Å². The first-order valence-electron chi connectivity index (χ1n) is 7.09. The summed E-state index contributed by atoms with van der Waals surface area (Å²) < 4.78 is 1.14. The number of hydrogen-bond acceptors (Lipinski definition) is 2. The van der Waals surface area contributed by atoms with E-state index in [-0.39, 0.29) is 4.21 Å². The number of hydrogen-bond donors (Lipinski definition) is 1. The molecule has 1 aromatic rings. The van der Waals surface area contributed by atoms with E-state index in [9.17, 15) is 0 Å². The van der Waals surface area contributed by atoms with Crippen molar-refractivity contribution in [1.82, 2.24) is 0 Å². The van der Waals surface area contributed by atoms with E-state index in [0.29, 0.717) is 6.04 Å². The van der Waals surface area contributed by atoms with Crippen molar-refractivity contribution in [3.05, 3.63) is 22.7 Å². The second-order valence-electron chi connectivity index (χ2n) is 5.61. The highest BCUT2D eigenvalue weighted by Gasteiger charge is 2.41. The Kier molecular flexibility index (Phi) is 4.35. The molecule has 0 atom stereocenters. The number of nitrogens with one attached hydrogen (secondary N) is 1. The Morgan fingerprint density at radius 2 is 1.95 bits per heavy atom. The molecule has 1 nitrogen and oxygen atoms in total. The third-order valence-corrected chi connectivity index (χ3v) is 6.38. The Morgan fingerprint density at radius 1 is 1.21 bits per heavy atom. The zero-order chi connectivity index (χ0) is 13.3. The lowest BCUT2D eigenvalue weighted by Gasteiger charge is -2.24. The van der Waals surface area contributed by atoms with E-state index < -0.39 is 0 Å². The Balaban J connectivity index is 1.65. The number of thioether (sulfide) groups is 1. The summed E-state index contributed by atoms with van der Waals surface area (Å²) in [5.41, 5.74) is 1.22. The van der Waals surface area contributed by atoms with E-state index in [4.69, 9.17) is 11.6 Å². The van der Waals surface area contributed by atoms with Gasteiger partial charge in [0.25, 0.3) is 0 Å². The van der Waals surface area contributed by atoms with Gasteiger partial charge in [0.05, 0.1) is 4.21 Å². The second kappa shape index (κ2) is 5.87.